The lowest BCUT2D eigenvalue weighted by molar-refractivity contribution is -0.122. The predicted molar refractivity (Wildman–Crippen MR) is 79.0 cm³/mol. The first-order valence-corrected chi connectivity index (χ1v) is 7.80. The summed E-state index contributed by atoms with van der Waals surface area (Å²) >= 11 is 0. The van der Waals surface area contributed by atoms with Gasteiger partial charge in [0.1, 0.15) is 0 Å². The van der Waals surface area contributed by atoms with Crippen LogP contribution in [0.25, 0.3) is 0 Å². The zero-order chi connectivity index (χ0) is 12.3. The van der Waals surface area contributed by atoms with Crippen molar-refractivity contribution in [2.75, 3.05) is 44.2 Å². The van der Waals surface area contributed by atoms with E-state index in [0.717, 1.165) is 26.2 Å². The summed E-state index contributed by atoms with van der Waals surface area (Å²) in [6, 6.07) is -0.185. The third kappa shape index (κ3) is 6.27. The number of hydrogen-bond donors (Lipinski definition) is 2. The molecule has 1 amide bonds. The van der Waals surface area contributed by atoms with Gasteiger partial charge in [-0.2, -0.15) is 0 Å². The van der Waals surface area contributed by atoms with Crippen molar-refractivity contribution in [2.24, 2.45) is 0 Å². The molecule has 2 aliphatic rings. The largest absolute Gasteiger partial charge is 0.351 e. The Morgan fingerprint density at radius 3 is 2.42 bits per heavy atom. The first-order chi connectivity index (χ1) is 8.05. The fraction of sp³-hybridized carbons (Fsp3) is 0.900. The molecule has 2 heterocycles. The Kier molecular flexibility index (Phi) is 8.23. The van der Waals surface area contributed by atoms with Crippen molar-refractivity contribution < 1.29 is 13.2 Å². The van der Waals surface area contributed by atoms with Crippen molar-refractivity contribution in [3.05, 3.63) is 0 Å². The fourth-order valence-electron chi connectivity index (χ4n) is 2.25. The standard InChI is InChI=1S/C10H19N3O3S.2ClH/c14-10(7-13-4-2-11-3-5-13)12-9-1-6-17(15,16)8-9;;/h9,11H,1-8H2,(H,12,14);2*1H. The molecule has 0 aromatic heterocycles. The number of nitrogens with zero attached hydrogens (tertiary/aromatic N) is 1. The van der Waals surface area contributed by atoms with Crippen LogP contribution in [0.3, 0.4) is 0 Å². The van der Waals surface area contributed by atoms with E-state index in [2.05, 4.69) is 15.5 Å². The van der Waals surface area contributed by atoms with Crippen molar-refractivity contribution >= 4 is 40.6 Å². The molecular weight excluding hydrogens is 313 g/mol. The van der Waals surface area contributed by atoms with Gasteiger partial charge in [0.2, 0.25) is 5.91 Å². The molecule has 0 saturated carbocycles. The minimum absolute atomic E-state index is 0. The quantitative estimate of drug-likeness (QED) is 0.695. The molecule has 0 aliphatic carbocycles. The molecule has 6 nitrogen and oxygen atoms in total. The molecule has 2 fully saturated rings. The first-order valence-electron chi connectivity index (χ1n) is 5.98. The Bertz CT molecular complexity index is 385. The highest BCUT2D eigenvalue weighted by atomic mass is 35.5. The summed E-state index contributed by atoms with van der Waals surface area (Å²) < 4.78 is 22.5. The number of amides is 1. The molecule has 0 bridgehead atoms. The molecule has 114 valence electrons. The van der Waals surface area contributed by atoms with Gasteiger partial charge in [0.15, 0.2) is 9.84 Å². The number of hydrogen-bond acceptors (Lipinski definition) is 5. The van der Waals surface area contributed by atoms with E-state index in [1.165, 1.54) is 0 Å². The summed E-state index contributed by atoms with van der Waals surface area (Å²) in [5.41, 5.74) is 0. The van der Waals surface area contributed by atoms with Gasteiger partial charge in [-0.25, -0.2) is 8.42 Å². The third-order valence-electron chi connectivity index (χ3n) is 3.17. The van der Waals surface area contributed by atoms with Crippen LogP contribution in [0.4, 0.5) is 0 Å². The SMILES string of the molecule is Cl.Cl.O=C(CN1CCNCC1)NC1CCS(=O)(=O)C1. The number of halogens is 2. The molecule has 2 aliphatic heterocycles. The Hall–Kier alpha value is -0.0800. The van der Waals surface area contributed by atoms with Crippen LogP contribution in [0.15, 0.2) is 0 Å². The lowest BCUT2D eigenvalue weighted by Gasteiger charge is -2.26. The molecule has 1 unspecified atom stereocenters. The third-order valence-corrected chi connectivity index (χ3v) is 4.94. The molecule has 0 spiro atoms. The second kappa shape index (κ2) is 8.26. The Morgan fingerprint density at radius 2 is 1.89 bits per heavy atom. The Labute approximate surface area is 126 Å². The lowest BCUT2D eigenvalue weighted by atomic mass is 10.2. The van der Waals surface area contributed by atoms with Gasteiger partial charge in [-0.05, 0) is 6.42 Å². The molecular formula is C10H21Cl2N3O3S. The van der Waals surface area contributed by atoms with Gasteiger partial charge in [-0.15, -0.1) is 24.8 Å². The molecule has 0 aromatic rings. The van der Waals surface area contributed by atoms with Crippen LogP contribution in [0.2, 0.25) is 0 Å². The molecule has 19 heavy (non-hydrogen) atoms. The summed E-state index contributed by atoms with van der Waals surface area (Å²) in [6.07, 6.45) is 0.551. The Morgan fingerprint density at radius 1 is 1.26 bits per heavy atom. The van der Waals surface area contributed by atoms with Crippen LogP contribution in [0, 0.1) is 0 Å². The van der Waals surface area contributed by atoms with E-state index in [1.807, 2.05) is 0 Å². The molecule has 2 saturated heterocycles. The maximum absolute atomic E-state index is 11.7. The van der Waals surface area contributed by atoms with E-state index in [9.17, 15) is 13.2 Å². The molecule has 1 atom stereocenters. The van der Waals surface area contributed by atoms with Gasteiger partial charge in [0.25, 0.3) is 0 Å². The number of sulfone groups is 1. The molecule has 2 N–H and O–H groups in total. The van der Waals surface area contributed by atoms with E-state index >= 15 is 0 Å². The van der Waals surface area contributed by atoms with Crippen molar-refractivity contribution in [3.8, 4) is 0 Å². The summed E-state index contributed by atoms with van der Waals surface area (Å²) in [6.45, 7) is 3.93. The topological polar surface area (TPSA) is 78.5 Å². The summed E-state index contributed by atoms with van der Waals surface area (Å²) in [4.78, 5) is 13.8. The first kappa shape index (κ1) is 18.9. The highest BCUT2D eigenvalue weighted by molar-refractivity contribution is 7.91. The number of carbonyl (C=O) groups is 1. The fourth-order valence-corrected chi connectivity index (χ4v) is 3.93. The van der Waals surface area contributed by atoms with E-state index in [0.29, 0.717) is 13.0 Å². The van der Waals surface area contributed by atoms with E-state index in [4.69, 9.17) is 0 Å². The maximum Gasteiger partial charge on any atom is 0.234 e. The zero-order valence-electron chi connectivity index (χ0n) is 10.6. The van der Waals surface area contributed by atoms with Crippen LogP contribution >= 0.6 is 24.8 Å². The van der Waals surface area contributed by atoms with E-state index in [1.54, 1.807) is 0 Å². The monoisotopic (exact) mass is 333 g/mol. The van der Waals surface area contributed by atoms with Gasteiger partial charge in [-0.1, -0.05) is 0 Å². The van der Waals surface area contributed by atoms with Crippen molar-refractivity contribution in [3.63, 3.8) is 0 Å². The molecule has 2 rings (SSSR count). The number of rotatable bonds is 3. The zero-order valence-corrected chi connectivity index (χ0v) is 13.1. The maximum atomic E-state index is 11.7. The highest BCUT2D eigenvalue weighted by Crippen LogP contribution is 2.11. The number of piperazine rings is 1. The van der Waals surface area contributed by atoms with Crippen molar-refractivity contribution in [2.45, 2.75) is 12.5 Å². The lowest BCUT2D eigenvalue weighted by Crippen LogP contribution is -2.49. The predicted octanol–water partition coefficient (Wildman–Crippen LogP) is -0.961. The van der Waals surface area contributed by atoms with E-state index < -0.39 is 9.84 Å². The van der Waals surface area contributed by atoms with Gasteiger partial charge in [0, 0.05) is 32.2 Å². The van der Waals surface area contributed by atoms with Gasteiger partial charge < -0.3 is 10.6 Å². The van der Waals surface area contributed by atoms with Crippen LogP contribution in [-0.4, -0.2) is 69.5 Å². The summed E-state index contributed by atoms with van der Waals surface area (Å²) in [7, 11) is -2.91. The normalized spacial score (nSPS) is 26.0. The van der Waals surface area contributed by atoms with Crippen LogP contribution in [0.5, 0.6) is 0 Å². The van der Waals surface area contributed by atoms with Crippen LogP contribution in [0.1, 0.15) is 6.42 Å². The minimum Gasteiger partial charge on any atom is -0.351 e. The summed E-state index contributed by atoms with van der Waals surface area (Å²) in [5, 5.41) is 6.02. The van der Waals surface area contributed by atoms with Gasteiger partial charge >= 0.3 is 0 Å². The van der Waals surface area contributed by atoms with Crippen LogP contribution in [-0.2, 0) is 14.6 Å². The van der Waals surface area contributed by atoms with Crippen molar-refractivity contribution in [1.82, 2.24) is 15.5 Å². The van der Waals surface area contributed by atoms with Crippen molar-refractivity contribution in [1.29, 1.82) is 0 Å². The molecule has 0 radical (unpaired) electrons. The second-order valence-corrected chi connectivity index (χ2v) is 6.92. The molecule has 9 heteroatoms. The van der Waals surface area contributed by atoms with Gasteiger partial charge in [-0.3, -0.25) is 9.69 Å². The van der Waals surface area contributed by atoms with Crippen LogP contribution < -0.4 is 10.6 Å². The smallest absolute Gasteiger partial charge is 0.234 e. The highest BCUT2D eigenvalue weighted by Gasteiger charge is 2.29. The number of nitrogens with one attached hydrogen (secondary N) is 2. The average Bonchev–Trinajstić information content (AvgIpc) is 2.59. The summed E-state index contributed by atoms with van der Waals surface area (Å²) in [5.74, 6) is 0.236. The number of carbonyl (C=O) groups excluding carboxylic acids is 1. The molecule has 0 aromatic carbocycles. The average molecular weight is 334 g/mol. The second-order valence-electron chi connectivity index (χ2n) is 4.69. The minimum atomic E-state index is -2.91. The Balaban J connectivity index is 0.00000162. The van der Waals surface area contributed by atoms with Gasteiger partial charge in [0.05, 0.1) is 18.1 Å². The van der Waals surface area contributed by atoms with E-state index in [-0.39, 0.29) is 48.3 Å².